The van der Waals surface area contributed by atoms with Gasteiger partial charge in [0.1, 0.15) is 6.04 Å². The van der Waals surface area contributed by atoms with Crippen LogP contribution in [-0.2, 0) is 9.59 Å². The van der Waals surface area contributed by atoms with E-state index >= 15 is 0 Å². The molecule has 21 heavy (non-hydrogen) atoms. The molecule has 2 rings (SSSR count). The van der Waals surface area contributed by atoms with Gasteiger partial charge in [0.25, 0.3) is 5.91 Å². The summed E-state index contributed by atoms with van der Waals surface area (Å²) in [6.07, 6.45) is 4.43. The van der Waals surface area contributed by atoms with Crippen LogP contribution in [0.3, 0.4) is 0 Å². The molecule has 1 aromatic heterocycles. The van der Waals surface area contributed by atoms with E-state index in [1.54, 1.807) is 18.4 Å². The molecule has 1 unspecified atom stereocenters. The molecule has 0 bridgehead atoms. The first-order chi connectivity index (χ1) is 9.95. The van der Waals surface area contributed by atoms with Crippen molar-refractivity contribution in [2.24, 2.45) is 0 Å². The van der Waals surface area contributed by atoms with Gasteiger partial charge < -0.3 is 15.7 Å². The van der Waals surface area contributed by atoms with Crippen molar-refractivity contribution in [3.05, 3.63) is 28.0 Å². The van der Waals surface area contributed by atoms with Crippen molar-refractivity contribution < 1.29 is 19.5 Å². The van der Waals surface area contributed by atoms with E-state index in [1.165, 1.54) is 17.4 Å². The van der Waals surface area contributed by atoms with Gasteiger partial charge in [0.05, 0.1) is 5.56 Å². The van der Waals surface area contributed by atoms with E-state index in [0.717, 1.165) is 18.9 Å². The third-order valence-corrected chi connectivity index (χ3v) is 3.83. The molecule has 7 heteroatoms. The summed E-state index contributed by atoms with van der Waals surface area (Å²) >= 11 is 1.26. The SMILES string of the molecule is CC(NC(=O)c1csc(/C=C/C(=O)O)c1)C(=O)NC1CC1. The number of thiophene rings is 1. The zero-order chi connectivity index (χ0) is 15.4. The molecule has 0 spiro atoms. The maximum absolute atomic E-state index is 12.0. The Morgan fingerprint density at radius 1 is 1.43 bits per heavy atom. The number of aliphatic carboxylic acids is 1. The zero-order valence-corrected chi connectivity index (χ0v) is 12.3. The van der Waals surface area contributed by atoms with E-state index in [-0.39, 0.29) is 17.9 Å². The number of carbonyl (C=O) groups is 3. The van der Waals surface area contributed by atoms with Crippen molar-refractivity contribution in [2.45, 2.75) is 31.8 Å². The summed E-state index contributed by atoms with van der Waals surface area (Å²) in [5.41, 5.74) is 0.413. The van der Waals surface area contributed by atoms with Gasteiger partial charge in [-0.2, -0.15) is 0 Å². The molecule has 0 saturated heterocycles. The molecular formula is C14H16N2O4S. The van der Waals surface area contributed by atoms with Gasteiger partial charge in [-0.25, -0.2) is 4.79 Å². The predicted octanol–water partition coefficient (Wildman–Crippen LogP) is 1.24. The molecule has 1 aliphatic rings. The molecule has 1 saturated carbocycles. The Bertz CT molecular complexity index is 590. The molecule has 1 aromatic rings. The molecule has 1 aliphatic carbocycles. The van der Waals surface area contributed by atoms with Crippen LogP contribution in [0.15, 0.2) is 17.5 Å². The Kier molecular flexibility index (Phi) is 4.74. The summed E-state index contributed by atoms with van der Waals surface area (Å²) in [7, 11) is 0. The first kappa shape index (κ1) is 15.2. The van der Waals surface area contributed by atoms with Gasteiger partial charge in [-0.3, -0.25) is 9.59 Å². The fourth-order valence-corrected chi connectivity index (χ4v) is 2.39. The lowest BCUT2D eigenvalue weighted by Crippen LogP contribution is -2.45. The quantitative estimate of drug-likeness (QED) is 0.689. The molecule has 0 aliphatic heterocycles. The zero-order valence-electron chi connectivity index (χ0n) is 11.5. The standard InChI is InChI=1S/C14H16N2O4S/c1-8(13(19)16-10-2-3-10)15-14(20)9-6-11(21-7-9)4-5-12(17)18/h4-8,10H,2-3H2,1H3,(H,15,20)(H,16,19)(H,17,18)/b5-4+. The van der Waals surface area contributed by atoms with E-state index in [9.17, 15) is 14.4 Å². The molecular weight excluding hydrogens is 292 g/mol. The van der Waals surface area contributed by atoms with Crippen molar-refractivity contribution in [3.63, 3.8) is 0 Å². The average Bonchev–Trinajstić information content (AvgIpc) is 3.10. The summed E-state index contributed by atoms with van der Waals surface area (Å²) in [5.74, 6) is -1.58. The molecule has 3 N–H and O–H groups in total. The third kappa shape index (κ3) is 4.71. The first-order valence-corrected chi connectivity index (χ1v) is 7.44. The number of nitrogens with one attached hydrogen (secondary N) is 2. The molecule has 112 valence electrons. The topological polar surface area (TPSA) is 95.5 Å². The summed E-state index contributed by atoms with van der Waals surface area (Å²) < 4.78 is 0. The number of rotatable bonds is 6. The second-order valence-corrected chi connectivity index (χ2v) is 5.83. The van der Waals surface area contributed by atoms with Gasteiger partial charge in [-0.05, 0) is 31.9 Å². The van der Waals surface area contributed by atoms with Crippen molar-refractivity contribution >= 4 is 35.2 Å². The highest BCUT2D eigenvalue weighted by Gasteiger charge is 2.26. The maximum Gasteiger partial charge on any atom is 0.328 e. The normalized spacial score (nSPS) is 15.7. The van der Waals surface area contributed by atoms with E-state index in [0.29, 0.717) is 10.4 Å². The smallest absolute Gasteiger partial charge is 0.328 e. The lowest BCUT2D eigenvalue weighted by atomic mass is 10.2. The van der Waals surface area contributed by atoms with Gasteiger partial charge in [-0.15, -0.1) is 11.3 Å². The summed E-state index contributed by atoms with van der Waals surface area (Å²) in [6, 6.07) is 1.24. The fraction of sp³-hybridized carbons (Fsp3) is 0.357. The van der Waals surface area contributed by atoms with Crippen LogP contribution in [0.2, 0.25) is 0 Å². The van der Waals surface area contributed by atoms with Crippen LogP contribution in [0.5, 0.6) is 0 Å². The summed E-state index contributed by atoms with van der Waals surface area (Å²) in [5, 5.41) is 15.6. The van der Waals surface area contributed by atoms with E-state index in [4.69, 9.17) is 5.11 Å². The van der Waals surface area contributed by atoms with Gasteiger partial charge in [0.2, 0.25) is 5.91 Å². The number of amides is 2. The molecule has 1 fully saturated rings. The number of hydrogen-bond acceptors (Lipinski definition) is 4. The van der Waals surface area contributed by atoms with Crippen molar-refractivity contribution in [2.75, 3.05) is 0 Å². The van der Waals surface area contributed by atoms with Gasteiger partial charge in [0.15, 0.2) is 0 Å². The summed E-state index contributed by atoms with van der Waals surface area (Å²) in [4.78, 5) is 34.8. The Labute approximate surface area is 125 Å². The minimum absolute atomic E-state index is 0.188. The molecule has 2 amide bonds. The van der Waals surface area contributed by atoms with Crippen molar-refractivity contribution in [3.8, 4) is 0 Å². The minimum atomic E-state index is -1.04. The maximum atomic E-state index is 12.0. The van der Waals surface area contributed by atoms with Crippen LogP contribution in [0.25, 0.3) is 6.08 Å². The van der Waals surface area contributed by atoms with Crippen LogP contribution in [-0.4, -0.2) is 35.0 Å². The largest absolute Gasteiger partial charge is 0.478 e. The van der Waals surface area contributed by atoms with E-state index in [2.05, 4.69) is 10.6 Å². The van der Waals surface area contributed by atoms with E-state index in [1.807, 2.05) is 0 Å². The van der Waals surface area contributed by atoms with Crippen molar-refractivity contribution in [1.29, 1.82) is 0 Å². The second kappa shape index (κ2) is 6.53. The lowest BCUT2D eigenvalue weighted by Gasteiger charge is -2.13. The molecule has 1 atom stereocenters. The third-order valence-electron chi connectivity index (χ3n) is 2.94. The number of carbonyl (C=O) groups excluding carboxylic acids is 2. The fourth-order valence-electron chi connectivity index (χ4n) is 1.61. The van der Waals surface area contributed by atoms with Crippen molar-refractivity contribution in [1.82, 2.24) is 10.6 Å². The number of carboxylic acids is 1. The average molecular weight is 308 g/mol. The van der Waals surface area contributed by atoms with Gasteiger partial charge in [-0.1, -0.05) is 0 Å². The monoisotopic (exact) mass is 308 g/mol. The van der Waals surface area contributed by atoms with Crippen LogP contribution in [0, 0.1) is 0 Å². The second-order valence-electron chi connectivity index (χ2n) is 4.89. The first-order valence-electron chi connectivity index (χ1n) is 6.56. The highest BCUT2D eigenvalue weighted by Crippen LogP contribution is 2.19. The lowest BCUT2D eigenvalue weighted by molar-refractivity contribution is -0.131. The Morgan fingerprint density at radius 3 is 2.76 bits per heavy atom. The Balaban J connectivity index is 1.90. The Morgan fingerprint density at radius 2 is 2.14 bits per heavy atom. The Hall–Kier alpha value is -2.15. The van der Waals surface area contributed by atoms with Crippen LogP contribution < -0.4 is 10.6 Å². The molecule has 6 nitrogen and oxygen atoms in total. The number of hydrogen-bond donors (Lipinski definition) is 3. The number of carboxylic acid groups (broad SMARTS) is 1. The highest BCUT2D eigenvalue weighted by atomic mass is 32.1. The van der Waals surface area contributed by atoms with Gasteiger partial charge in [0, 0.05) is 22.4 Å². The molecule has 1 heterocycles. The molecule has 0 aromatic carbocycles. The van der Waals surface area contributed by atoms with Crippen LogP contribution in [0.4, 0.5) is 0 Å². The van der Waals surface area contributed by atoms with Gasteiger partial charge >= 0.3 is 5.97 Å². The minimum Gasteiger partial charge on any atom is -0.478 e. The van der Waals surface area contributed by atoms with Crippen LogP contribution in [0.1, 0.15) is 35.0 Å². The summed E-state index contributed by atoms with van der Waals surface area (Å²) in [6.45, 7) is 1.63. The molecule has 0 radical (unpaired) electrons. The highest BCUT2D eigenvalue weighted by molar-refractivity contribution is 7.11. The van der Waals surface area contributed by atoms with Crippen LogP contribution >= 0.6 is 11.3 Å². The van der Waals surface area contributed by atoms with E-state index < -0.39 is 12.0 Å². The predicted molar refractivity (Wildman–Crippen MR) is 79.1 cm³/mol.